The standard InChI is InChI=1S/C18H27NO6/c1-10(2)13-15(20)25-12-6-8-19-7-5-11(14(12)19)9-24-16(21)18(4,23)17(13,3)22/h5,10,12-14,22-23H,6-9H2,1-4H3/p+1/t12-,13-,14+,17-,18+/m0/s1. The number of hydrogen-bond donors (Lipinski definition) is 3. The SMILES string of the molecule is CC(C)[C@H]1C(=O)O[C@H]2CC[NH+]3CC=C(COC(=O)[C@@](C)(O)[C@@]1(C)O)[C@H]23. The number of cyclic esters (lactones) is 1. The van der Waals surface area contributed by atoms with E-state index >= 15 is 0 Å². The monoisotopic (exact) mass is 354 g/mol. The number of nitrogens with one attached hydrogen (secondary N) is 1. The highest BCUT2D eigenvalue weighted by molar-refractivity contribution is 5.83. The molecule has 25 heavy (non-hydrogen) atoms. The molecule has 7 heteroatoms. The zero-order valence-electron chi connectivity index (χ0n) is 15.2. The number of carbonyl (C=O) groups is 2. The first-order valence-corrected chi connectivity index (χ1v) is 8.93. The van der Waals surface area contributed by atoms with E-state index in [1.165, 1.54) is 18.7 Å². The summed E-state index contributed by atoms with van der Waals surface area (Å²) < 4.78 is 11.1. The predicted molar refractivity (Wildman–Crippen MR) is 87.6 cm³/mol. The van der Waals surface area contributed by atoms with Crippen LogP contribution in [-0.4, -0.2) is 65.2 Å². The van der Waals surface area contributed by atoms with Crippen molar-refractivity contribution in [1.29, 1.82) is 0 Å². The minimum Gasteiger partial charge on any atom is -0.459 e. The molecule has 0 spiro atoms. The van der Waals surface area contributed by atoms with Crippen LogP contribution in [0.3, 0.4) is 0 Å². The Morgan fingerprint density at radius 2 is 1.96 bits per heavy atom. The Hall–Kier alpha value is -1.44. The van der Waals surface area contributed by atoms with E-state index in [4.69, 9.17) is 9.47 Å². The van der Waals surface area contributed by atoms with Gasteiger partial charge in [0.05, 0.1) is 19.0 Å². The van der Waals surface area contributed by atoms with Crippen molar-refractivity contribution in [1.82, 2.24) is 0 Å². The number of aliphatic hydroxyl groups is 2. The third kappa shape index (κ3) is 2.78. The van der Waals surface area contributed by atoms with Crippen LogP contribution in [0.15, 0.2) is 11.6 Å². The summed E-state index contributed by atoms with van der Waals surface area (Å²) in [6.45, 7) is 7.74. The molecule has 0 aliphatic carbocycles. The average Bonchev–Trinajstić information content (AvgIpc) is 3.06. The van der Waals surface area contributed by atoms with E-state index in [9.17, 15) is 19.8 Å². The highest BCUT2D eigenvalue weighted by Gasteiger charge is 2.59. The minimum atomic E-state index is -2.23. The van der Waals surface area contributed by atoms with Crippen LogP contribution in [-0.2, 0) is 19.1 Å². The highest BCUT2D eigenvalue weighted by Crippen LogP contribution is 2.37. The molecule has 7 nitrogen and oxygen atoms in total. The van der Waals surface area contributed by atoms with Gasteiger partial charge in [-0.1, -0.05) is 13.8 Å². The Bertz CT molecular complexity index is 609. The fourth-order valence-corrected chi connectivity index (χ4v) is 4.48. The first-order chi connectivity index (χ1) is 11.6. The molecule has 140 valence electrons. The second-order valence-corrected chi connectivity index (χ2v) is 8.15. The smallest absolute Gasteiger partial charge is 0.341 e. The van der Waals surface area contributed by atoms with Gasteiger partial charge in [-0.05, 0) is 25.8 Å². The van der Waals surface area contributed by atoms with Crippen LogP contribution in [0.25, 0.3) is 0 Å². The molecule has 0 aromatic carbocycles. The van der Waals surface area contributed by atoms with Crippen LogP contribution in [0.4, 0.5) is 0 Å². The lowest BCUT2D eigenvalue weighted by Crippen LogP contribution is -3.12. The van der Waals surface area contributed by atoms with Gasteiger partial charge >= 0.3 is 11.9 Å². The Balaban J connectivity index is 2.02. The molecular formula is C18H28NO6+. The molecule has 3 rings (SSSR count). The zero-order valence-corrected chi connectivity index (χ0v) is 15.2. The summed E-state index contributed by atoms with van der Waals surface area (Å²) in [7, 11) is 0. The van der Waals surface area contributed by atoms with Gasteiger partial charge in [-0.25, -0.2) is 4.79 Å². The van der Waals surface area contributed by atoms with Gasteiger partial charge in [0, 0.05) is 12.0 Å². The average molecular weight is 354 g/mol. The summed E-state index contributed by atoms with van der Waals surface area (Å²) in [4.78, 5) is 26.7. The van der Waals surface area contributed by atoms with Crippen LogP contribution in [0.2, 0.25) is 0 Å². The third-order valence-electron chi connectivity index (χ3n) is 6.13. The fraction of sp³-hybridized carbons (Fsp3) is 0.778. The lowest BCUT2D eigenvalue weighted by Gasteiger charge is -2.42. The van der Waals surface area contributed by atoms with Gasteiger partial charge in [0.1, 0.15) is 12.2 Å². The molecular weight excluding hydrogens is 326 g/mol. The van der Waals surface area contributed by atoms with Crippen LogP contribution in [0.5, 0.6) is 0 Å². The molecule has 0 aromatic rings. The molecule has 3 aliphatic heterocycles. The van der Waals surface area contributed by atoms with Gasteiger partial charge in [-0.15, -0.1) is 0 Å². The first-order valence-electron chi connectivity index (χ1n) is 8.93. The summed E-state index contributed by atoms with van der Waals surface area (Å²) in [6, 6.07) is -0.0161. The van der Waals surface area contributed by atoms with Crippen molar-refractivity contribution in [3.8, 4) is 0 Å². The Labute approximate surface area is 147 Å². The number of esters is 2. The predicted octanol–water partition coefficient (Wildman–Crippen LogP) is -1.17. The second-order valence-electron chi connectivity index (χ2n) is 8.15. The Morgan fingerprint density at radius 1 is 1.28 bits per heavy atom. The van der Waals surface area contributed by atoms with E-state index in [0.717, 1.165) is 25.1 Å². The van der Waals surface area contributed by atoms with Crippen molar-refractivity contribution in [2.24, 2.45) is 11.8 Å². The highest BCUT2D eigenvalue weighted by atomic mass is 16.6. The van der Waals surface area contributed by atoms with E-state index in [1.807, 2.05) is 6.08 Å². The second kappa shape index (κ2) is 6.07. The van der Waals surface area contributed by atoms with Gasteiger partial charge in [-0.2, -0.15) is 0 Å². The largest absolute Gasteiger partial charge is 0.459 e. The van der Waals surface area contributed by atoms with Crippen molar-refractivity contribution >= 4 is 11.9 Å². The zero-order chi connectivity index (χ0) is 18.6. The topological polar surface area (TPSA) is 97.5 Å². The maximum Gasteiger partial charge on any atom is 0.341 e. The molecule has 3 heterocycles. The van der Waals surface area contributed by atoms with Gasteiger partial charge in [0.15, 0.2) is 17.7 Å². The summed E-state index contributed by atoms with van der Waals surface area (Å²) in [6.07, 6.45) is 2.45. The van der Waals surface area contributed by atoms with Gasteiger partial charge in [-0.3, -0.25) is 4.79 Å². The molecule has 0 saturated carbocycles. The van der Waals surface area contributed by atoms with Crippen molar-refractivity contribution < 1.29 is 34.2 Å². The van der Waals surface area contributed by atoms with Crippen molar-refractivity contribution in [3.05, 3.63) is 11.6 Å². The van der Waals surface area contributed by atoms with Gasteiger partial charge in [0.2, 0.25) is 0 Å². The Kier molecular flexibility index (Phi) is 4.46. The fourth-order valence-electron chi connectivity index (χ4n) is 4.48. The number of rotatable bonds is 1. The third-order valence-corrected chi connectivity index (χ3v) is 6.13. The summed E-state index contributed by atoms with van der Waals surface area (Å²) >= 11 is 0. The maximum absolute atomic E-state index is 12.9. The Morgan fingerprint density at radius 3 is 2.60 bits per heavy atom. The molecule has 3 aliphatic rings. The quantitative estimate of drug-likeness (QED) is 0.405. The van der Waals surface area contributed by atoms with Gasteiger partial charge in [0.25, 0.3) is 0 Å². The van der Waals surface area contributed by atoms with Crippen LogP contribution in [0.1, 0.15) is 34.1 Å². The van der Waals surface area contributed by atoms with Crippen molar-refractivity contribution in [2.75, 3.05) is 19.7 Å². The van der Waals surface area contributed by atoms with Gasteiger partial charge < -0.3 is 24.6 Å². The van der Waals surface area contributed by atoms with Crippen molar-refractivity contribution in [2.45, 2.75) is 57.5 Å². The van der Waals surface area contributed by atoms with Crippen LogP contribution < -0.4 is 4.90 Å². The maximum atomic E-state index is 12.9. The lowest BCUT2D eigenvalue weighted by atomic mass is 9.71. The van der Waals surface area contributed by atoms with Crippen LogP contribution in [0, 0.1) is 11.8 Å². The minimum absolute atomic E-state index is 0.0161. The summed E-state index contributed by atoms with van der Waals surface area (Å²) in [5.41, 5.74) is -3.34. The molecule has 1 unspecified atom stereocenters. The number of hydrogen-bond acceptors (Lipinski definition) is 6. The molecule has 0 aromatic heterocycles. The van der Waals surface area contributed by atoms with E-state index < -0.39 is 29.1 Å². The van der Waals surface area contributed by atoms with Crippen molar-refractivity contribution in [3.63, 3.8) is 0 Å². The van der Waals surface area contributed by atoms with E-state index in [0.29, 0.717) is 0 Å². The summed E-state index contributed by atoms with van der Waals surface area (Å²) in [5, 5.41) is 21.7. The van der Waals surface area contributed by atoms with Crippen LogP contribution >= 0.6 is 0 Å². The summed E-state index contributed by atoms with van der Waals surface area (Å²) in [5.74, 6) is -2.88. The molecule has 3 N–H and O–H groups in total. The molecule has 2 saturated heterocycles. The first kappa shape index (κ1) is 18.4. The van der Waals surface area contributed by atoms with E-state index in [1.54, 1.807) is 13.8 Å². The lowest BCUT2D eigenvalue weighted by molar-refractivity contribution is -0.896. The molecule has 0 radical (unpaired) electrons. The number of quaternary nitrogens is 1. The normalized spacial score (nSPS) is 44.7. The van der Waals surface area contributed by atoms with E-state index in [2.05, 4.69) is 0 Å². The molecule has 0 amide bonds. The molecule has 6 atom stereocenters. The number of ether oxygens (including phenoxy) is 2. The van der Waals surface area contributed by atoms with E-state index in [-0.39, 0.29) is 24.7 Å². The number of carbonyl (C=O) groups excluding carboxylic acids is 2. The molecule has 0 bridgehead atoms. The molecule has 2 fully saturated rings.